The van der Waals surface area contributed by atoms with E-state index >= 15 is 0 Å². The summed E-state index contributed by atoms with van der Waals surface area (Å²) < 4.78 is 2.06. The van der Waals surface area contributed by atoms with Crippen molar-refractivity contribution in [2.75, 3.05) is 18.0 Å². The Bertz CT molecular complexity index is 1030. The Kier molecular flexibility index (Phi) is 5.13. The first-order valence-corrected chi connectivity index (χ1v) is 10.1. The number of aromatic nitrogens is 3. The van der Waals surface area contributed by atoms with E-state index in [-0.39, 0.29) is 12.0 Å². The van der Waals surface area contributed by atoms with Gasteiger partial charge in [0.2, 0.25) is 0 Å². The molecular weight excluding hydrogens is 366 g/mol. The molecule has 4 rings (SSSR count). The second kappa shape index (κ2) is 7.73. The molecule has 0 atom stereocenters. The predicted molar refractivity (Wildman–Crippen MR) is 114 cm³/mol. The van der Waals surface area contributed by atoms with E-state index in [2.05, 4.69) is 64.8 Å². The van der Waals surface area contributed by atoms with E-state index in [0.717, 1.165) is 59.8 Å². The van der Waals surface area contributed by atoms with Crippen LogP contribution in [0.15, 0.2) is 36.8 Å². The normalized spacial score (nSPS) is 15.2. The summed E-state index contributed by atoms with van der Waals surface area (Å²) >= 11 is 0. The lowest BCUT2D eigenvalue weighted by Gasteiger charge is -2.33. The van der Waals surface area contributed by atoms with Crippen molar-refractivity contribution in [1.29, 1.82) is 0 Å². The second-order valence-electron chi connectivity index (χ2n) is 8.04. The minimum absolute atomic E-state index is 0.0254. The zero-order valence-corrected chi connectivity index (χ0v) is 17.1. The average molecular weight is 393 g/mol. The monoisotopic (exact) mass is 393 g/mol. The molecule has 0 spiro atoms. The molecule has 0 saturated carbocycles. The molecule has 0 bridgehead atoms. The molecule has 2 N–H and O–H groups in total. The van der Waals surface area contributed by atoms with Crippen molar-refractivity contribution in [1.82, 2.24) is 19.7 Å². The summed E-state index contributed by atoms with van der Waals surface area (Å²) in [5.74, 6) is 1.25. The van der Waals surface area contributed by atoms with Crippen molar-refractivity contribution in [2.45, 2.75) is 45.6 Å². The number of hydrogen-bond donors (Lipinski definition) is 2. The fourth-order valence-electron chi connectivity index (χ4n) is 4.11. The Hall–Kier alpha value is -3.09. The molecule has 152 valence electrons. The summed E-state index contributed by atoms with van der Waals surface area (Å²) in [6.45, 7) is 8.02. The molecule has 29 heavy (non-hydrogen) atoms. The first-order valence-electron chi connectivity index (χ1n) is 10.1. The third-order valence-corrected chi connectivity index (χ3v) is 5.59. The van der Waals surface area contributed by atoms with E-state index < -0.39 is 6.09 Å². The lowest BCUT2D eigenvalue weighted by atomic mass is 9.97. The largest absolute Gasteiger partial charge is 0.465 e. The summed E-state index contributed by atoms with van der Waals surface area (Å²) in [6, 6.07) is 6.45. The number of rotatable bonds is 4. The van der Waals surface area contributed by atoms with Gasteiger partial charge >= 0.3 is 6.09 Å². The average Bonchev–Trinajstić information content (AvgIpc) is 3.17. The maximum atomic E-state index is 10.9. The van der Waals surface area contributed by atoms with Gasteiger partial charge in [-0.1, -0.05) is 13.8 Å². The van der Waals surface area contributed by atoms with Crippen LogP contribution in [0.2, 0.25) is 0 Å². The van der Waals surface area contributed by atoms with Gasteiger partial charge < -0.3 is 19.7 Å². The fraction of sp³-hybridized carbons (Fsp3) is 0.409. The van der Waals surface area contributed by atoms with Gasteiger partial charge in [0.1, 0.15) is 11.5 Å². The molecule has 1 aliphatic rings. The molecule has 1 fully saturated rings. The van der Waals surface area contributed by atoms with Crippen LogP contribution >= 0.6 is 0 Å². The highest BCUT2D eigenvalue weighted by atomic mass is 16.4. The Balaban J connectivity index is 1.63. The molecule has 3 aromatic rings. The zero-order chi connectivity index (χ0) is 20.5. The molecule has 0 aromatic carbocycles. The van der Waals surface area contributed by atoms with Crippen LogP contribution in [-0.4, -0.2) is 44.7 Å². The number of aryl methyl sites for hydroxylation is 1. The number of piperidine rings is 1. The fourth-order valence-corrected chi connectivity index (χ4v) is 4.11. The van der Waals surface area contributed by atoms with Crippen molar-refractivity contribution < 1.29 is 9.90 Å². The molecule has 1 amide bonds. The van der Waals surface area contributed by atoms with Gasteiger partial charge in [-0.25, -0.2) is 14.8 Å². The summed E-state index contributed by atoms with van der Waals surface area (Å²) in [5.41, 5.74) is 5.47. The molecule has 0 radical (unpaired) electrons. The highest BCUT2D eigenvalue weighted by molar-refractivity contribution is 5.70. The maximum absolute atomic E-state index is 10.9. The molecule has 1 aliphatic heterocycles. The van der Waals surface area contributed by atoms with Crippen LogP contribution in [0.4, 0.5) is 10.6 Å². The molecule has 4 heterocycles. The summed E-state index contributed by atoms with van der Waals surface area (Å²) in [6.07, 6.45) is 6.55. The molecular formula is C22H27N5O2. The molecule has 7 nitrogen and oxygen atoms in total. The van der Waals surface area contributed by atoms with Gasteiger partial charge in [0, 0.05) is 48.8 Å². The van der Waals surface area contributed by atoms with E-state index in [9.17, 15) is 4.79 Å². The maximum Gasteiger partial charge on any atom is 0.404 e. The number of carbonyl (C=O) groups is 1. The van der Waals surface area contributed by atoms with E-state index in [0.29, 0.717) is 0 Å². The molecule has 0 unspecified atom stereocenters. The van der Waals surface area contributed by atoms with Gasteiger partial charge in [0.15, 0.2) is 0 Å². The number of nitrogens with one attached hydrogen (secondary N) is 1. The molecule has 0 aliphatic carbocycles. The Labute approximate surface area is 170 Å². The number of hydrogen-bond acceptors (Lipinski definition) is 4. The number of imidazole rings is 1. The number of amides is 1. The van der Waals surface area contributed by atoms with Gasteiger partial charge in [-0.15, -0.1) is 0 Å². The van der Waals surface area contributed by atoms with Gasteiger partial charge in [-0.05, 0) is 49.4 Å². The number of anilines is 1. The van der Waals surface area contributed by atoms with Gasteiger partial charge in [0.05, 0.1) is 5.69 Å². The highest BCUT2D eigenvalue weighted by Crippen LogP contribution is 2.32. The third-order valence-electron chi connectivity index (χ3n) is 5.59. The molecule has 7 heteroatoms. The van der Waals surface area contributed by atoms with Crippen LogP contribution < -0.4 is 10.2 Å². The standard InChI is InChI=1S/C22H27N5O2/c1-14(2)20-18(16-12-15(3)21-23-8-11-27(21)13-16)4-5-19(25-20)26-9-6-17(7-10-26)24-22(28)29/h4-5,8,11-14,17,24H,6-7,9-10H2,1-3H3,(H,28,29). The Morgan fingerprint density at radius 1 is 1.28 bits per heavy atom. The van der Waals surface area contributed by atoms with Crippen LogP contribution in [0.5, 0.6) is 0 Å². The van der Waals surface area contributed by atoms with Crippen molar-refractivity contribution in [3.05, 3.63) is 48.0 Å². The second-order valence-corrected chi connectivity index (χ2v) is 8.04. The molecule has 3 aromatic heterocycles. The minimum atomic E-state index is -0.946. The Morgan fingerprint density at radius 3 is 2.72 bits per heavy atom. The molecule has 1 saturated heterocycles. The predicted octanol–water partition coefficient (Wildman–Crippen LogP) is 4.06. The van der Waals surface area contributed by atoms with Crippen LogP contribution in [0, 0.1) is 6.92 Å². The van der Waals surface area contributed by atoms with E-state index in [1.165, 1.54) is 0 Å². The van der Waals surface area contributed by atoms with Crippen LogP contribution in [0.25, 0.3) is 16.8 Å². The van der Waals surface area contributed by atoms with Gasteiger partial charge in [-0.2, -0.15) is 0 Å². The summed E-state index contributed by atoms with van der Waals surface area (Å²) in [5, 5.41) is 11.5. The smallest absolute Gasteiger partial charge is 0.404 e. The lowest BCUT2D eigenvalue weighted by Crippen LogP contribution is -2.44. The Morgan fingerprint density at radius 2 is 2.03 bits per heavy atom. The zero-order valence-electron chi connectivity index (χ0n) is 17.1. The number of fused-ring (bicyclic) bond motifs is 1. The lowest BCUT2D eigenvalue weighted by molar-refractivity contribution is 0.187. The summed E-state index contributed by atoms with van der Waals surface area (Å²) in [7, 11) is 0. The highest BCUT2D eigenvalue weighted by Gasteiger charge is 2.22. The van der Waals surface area contributed by atoms with Crippen LogP contribution in [-0.2, 0) is 0 Å². The SMILES string of the molecule is Cc1cc(-c2ccc(N3CCC(NC(=O)O)CC3)nc2C(C)C)cn2ccnc12. The van der Waals surface area contributed by atoms with Crippen molar-refractivity contribution in [2.24, 2.45) is 0 Å². The van der Waals surface area contributed by atoms with E-state index in [1.807, 2.05) is 12.4 Å². The quantitative estimate of drug-likeness (QED) is 0.698. The van der Waals surface area contributed by atoms with E-state index in [4.69, 9.17) is 10.1 Å². The van der Waals surface area contributed by atoms with Crippen molar-refractivity contribution in [3.8, 4) is 11.1 Å². The van der Waals surface area contributed by atoms with Gasteiger partial charge in [-0.3, -0.25) is 0 Å². The van der Waals surface area contributed by atoms with Crippen LogP contribution in [0.1, 0.15) is 43.9 Å². The van der Waals surface area contributed by atoms with Crippen molar-refractivity contribution in [3.63, 3.8) is 0 Å². The first-order chi connectivity index (χ1) is 13.9. The minimum Gasteiger partial charge on any atom is -0.465 e. The number of nitrogens with zero attached hydrogens (tertiary/aromatic N) is 4. The van der Waals surface area contributed by atoms with Crippen LogP contribution in [0.3, 0.4) is 0 Å². The topological polar surface area (TPSA) is 82.8 Å². The van der Waals surface area contributed by atoms with Crippen molar-refractivity contribution >= 4 is 17.6 Å². The number of carboxylic acid groups (broad SMARTS) is 1. The summed E-state index contributed by atoms with van der Waals surface area (Å²) in [4.78, 5) is 22.5. The van der Waals surface area contributed by atoms with Gasteiger partial charge in [0.25, 0.3) is 0 Å². The van der Waals surface area contributed by atoms with E-state index in [1.54, 1.807) is 0 Å². The number of pyridine rings is 2. The third kappa shape index (κ3) is 3.90. The first kappa shape index (κ1) is 19.2.